The number of rotatable bonds is 4. The summed E-state index contributed by atoms with van der Waals surface area (Å²) < 4.78 is 33.1. The fraction of sp³-hybridized carbons (Fsp3) is 0.143. The zero-order chi connectivity index (χ0) is 15.6. The molecule has 0 spiro atoms. The first-order valence-electron chi connectivity index (χ1n) is 6.05. The summed E-state index contributed by atoms with van der Waals surface area (Å²) >= 11 is 3.31. The first kappa shape index (κ1) is 15.7. The summed E-state index contributed by atoms with van der Waals surface area (Å²) in [6.07, 6.45) is 0. The maximum absolute atomic E-state index is 12.4. The molecule has 0 aliphatic carbocycles. The van der Waals surface area contributed by atoms with Crippen LogP contribution in [0.25, 0.3) is 0 Å². The van der Waals surface area contributed by atoms with Gasteiger partial charge in [-0.1, -0.05) is 0 Å². The van der Waals surface area contributed by atoms with E-state index in [-0.39, 0.29) is 4.90 Å². The van der Waals surface area contributed by atoms with Gasteiger partial charge in [0.1, 0.15) is 5.75 Å². The van der Waals surface area contributed by atoms with Crippen molar-refractivity contribution in [2.45, 2.75) is 11.8 Å². The molecule has 0 bridgehead atoms. The summed E-state index contributed by atoms with van der Waals surface area (Å²) in [6, 6.07) is 9.73. The average molecular weight is 371 g/mol. The summed E-state index contributed by atoms with van der Waals surface area (Å²) in [7, 11) is -2.20. The topological polar surface area (TPSA) is 81.4 Å². The van der Waals surface area contributed by atoms with E-state index in [0.29, 0.717) is 21.6 Å². The number of halogens is 1. The highest BCUT2D eigenvalue weighted by atomic mass is 79.9. The Labute approximate surface area is 132 Å². The first-order valence-corrected chi connectivity index (χ1v) is 8.33. The van der Waals surface area contributed by atoms with Crippen LogP contribution in [0.1, 0.15) is 5.56 Å². The molecule has 0 unspecified atom stereocenters. The lowest BCUT2D eigenvalue weighted by atomic mass is 10.2. The second kappa shape index (κ2) is 5.95. The Balaban J connectivity index is 2.41. The Kier molecular flexibility index (Phi) is 4.43. The molecule has 0 fully saturated rings. The maximum atomic E-state index is 12.4. The molecule has 3 N–H and O–H groups in total. The SMILES string of the molecule is COc1ccc(Br)c(NS(=O)(=O)c2cc(C)cc(N)c2)c1. The van der Waals surface area contributed by atoms with Crippen molar-refractivity contribution in [2.75, 3.05) is 17.6 Å². The van der Waals surface area contributed by atoms with Crippen molar-refractivity contribution in [3.05, 3.63) is 46.4 Å². The van der Waals surface area contributed by atoms with Gasteiger partial charge in [-0.15, -0.1) is 0 Å². The highest BCUT2D eigenvalue weighted by Gasteiger charge is 2.17. The van der Waals surface area contributed by atoms with Gasteiger partial charge in [-0.3, -0.25) is 4.72 Å². The predicted octanol–water partition coefficient (Wildman–Crippen LogP) is 3.15. The van der Waals surface area contributed by atoms with Gasteiger partial charge in [0.2, 0.25) is 0 Å². The van der Waals surface area contributed by atoms with Gasteiger partial charge in [0.05, 0.1) is 17.7 Å². The van der Waals surface area contributed by atoms with Gasteiger partial charge in [-0.05, 0) is 58.7 Å². The Bertz CT molecular complexity index is 756. The van der Waals surface area contributed by atoms with E-state index < -0.39 is 10.0 Å². The van der Waals surface area contributed by atoms with Crippen LogP contribution in [0.15, 0.2) is 45.8 Å². The molecule has 0 aliphatic rings. The minimum absolute atomic E-state index is 0.120. The number of ether oxygens (including phenoxy) is 1. The number of anilines is 2. The quantitative estimate of drug-likeness (QED) is 0.809. The molecule has 0 heterocycles. The fourth-order valence-electron chi connectivity index (χ4n) is 1.84. The summed E-state index contributed by atoms with van der Waals surface area (Å²) in [5.74, 6) is 0.555. The van der Waals surface area contributed by atoms with Crippen molar-refractivity contribution in [2.24, 2.45) is 0 Å². The number of nitrogen functional groups attached to an aromatic ring is 1. The van der Waals surface area contributed by atoms with Crippen molar-refractivity contribution in [1.82, 2.24) is 0 Å². The molecule has 0 atom stereocenters. The Hall–Kier alpha value is -1.73. The summed E-state index contributed by atoms with van der Waals surface area (Å²) in [6.45, 7) is 1.79. The van der Waals surface area contributed by atoms with E-state index in [2.05, 4.69) is 20.7 Å². The van der Waals surface area contributed by atoms with Gasteiger partial charge in [0.25, 0.3) is 10.0 Å². The molecule has 0 radical (unpaired) electrons. The summed E-state index contributed by atoms with van der Waals surface area (Å²) in [5.41, 5.74) is 7.28. The van der Waals surface area contributed by atoms with Crippen LogP contribution in [-0.2, 0) is 10.0 Å². The molecule has 0 amide bonds. The van der Waals surface area contributed by atoms with Crippen LogP contribution in [0.5, 0.6) is 5.75 Å². The van der Waals surface area contributed by atoms with Crippen molar-refractivity contribution >= 4 is 37.3 Å². The van der Waals surface area contributed by atoms with Gasteiger partial charge in [0, 0.05) is 16.2 Å². The monoisotopic (exact) mass is 370 g/mol. The van der Waals surface area contributed by atoms with Crippen LogP contribution < -0.4 is 15.2 Å². The number of nitrogens with one attached hydrogen (secondary N) is 1. The number of hydrogen-bond donors (Lipinski definition) is 2. The van der Waals surface area contributed by atoms with Gasteiger partial charge < -0.3 is 10.5 Å². The molecule has 7 heteroatoms. The molecule has 2 aromatic rings. The Morgan fingerprint density at radius 3 is 2.52 bits per heavy atom. The molecule has 0 saturated heterocycles. The molecule has 0 aromatic heterocycles. The molecule has 5 nitrogen and oxygen atoms in total. The van der Waals surface area contributed by atoms with Gasteiger partial charge in [-0.25, -0.2) is 8.42 Å². The maximum Gasteiger partial charge on any atom is 0.262 e. The Morgan fingerprint density at radius 1 is 1.19 bits per heavy atom. The molecule has 112 valence electrons. The molecule has 0 saturated carbocycles. The highest BCUT2D eigenvalue weighted by molar-refractivity contribution is 9.10. The van der Waals surface area contributed by atoms with Crippen molar-refractivity contribution < 1.29 is 13.2 Å². The lowest BCUT2D eigenvalue weighted by Gasteiger charge is -2.12. The average Bonchev–Trinajstić information content (AvgIpc) is 2.40. The van der Waals surface area contributed by atoms with E-state index in [0.717, 1.165) is 5.56 Å². The summed E-state index contributed by atoms with van der Waals surface area (Å²) in [5, 5.41) is 0. The molecular weight excluding hydrogens is 356 g/mol. The third kappa shape index (κ3) is 3.68. The van der Waals surface area contributed by atoms with Gasteiger partial charge in [0.15, 0.2) is 0 Å². The number of methoxy groups -OCH3 is 1. The number of sulfonamides is 1. The molecule has 2 aromatic carbocycles. The smallest absolute Gasteiger partial charge is 0.262 e. The van der Waals surface area contributed by atoms with Crippen molar-refractivity contribution in [1.29, 1.82) is 0 Å². The van der Waals surface area contributed by atoms with Crippen LogP contribution >= 0.6 is 15.9 Å². The van der Waals surface area contributed by atoms with Crippen LogP contribution in [0, 0.1) is 6.92 Å². The third-order valence-electron chi connectivity index (χ3n) is 2.80. The van der Waals surface area contributed by atoms with Crippen LogP contribution in [0.2, 0.25) is 0 Å². The minimum atomic E-state index is -3.72. The van der Waals surface area contributed by atoms with Gasteiger partial charge in [-0.2, -0.15) is 0 Å². The van der Waals surface area contributed by atoms with Gasteiger partial charge >= 0.3 is 0 Å². The van der Waals surface area contributed by atoms with E-state index >= 15 is 0 Å². The van der Waals surface area contributed by atoms with E-state index in [4.69, 9.17) is 10.5 Å². The lowest BCUT2D eigenvalue weighted by molar-refractivity contribution is 0.415. The van der Waals surface area contributed by atoms with Crippen molar-refractivity contribution in [3.8, 4) is 5.75 Å². The predicted molar refractivity (Wildman–Crippen MR) is 87.1 cm³/mol. The zero-order valence-corrected chi connectivity index (χ0v) is 14.0. The molecule has 2 rings (SSSR count). The van der Waals surface area contributed by atoms with E-state index in [1.165, 1.54) is 13.2 Å². The first-order chi connectivity index (χ1) is 9.81. The zero-order valence-electron chi connectivity index (χ0n) is 11.6. The van der Waals surface area contributed by atoms with Crippen LogP contribution in [0.3, 0.4) is 0 Å². The van der Waals surface area contributed by atoms with Crippen LogP contribution in [-0.4, -0.2) is 15.5 Å². The second-order valence-electron chi connectivity index (χ2n) is 4.53. The standard InChI is InChI=1S/C14H15BrN2O3S/c1-9-5-10(16)7-12(6-9)21(18,19)17-14-8-11(20-2)3-4-13(14)15/h3-8,17H,16H2,1-2H3. The number of aryl methyl sites for hydroxylation is 1. The van der Waals surface area contributed by atoms with E-state index in [9.17, 15) is 8.42 Å². The fourth-order valence-corrected chi connectivity index (χ4v) is 3.53. The summed E-state index contributed by atoms with van der Waals surface area (Å²) in [4.78, 5) is 0.120. The molecule has 21 heavy (non-hydrogen) atoms. The second-order valence-corrected chi connectivity index (χ2v) is 7.07. The highest BCUT2D eigenvalue weighted by Crippen LogP contribution is 2.29. The largest absolute Gasteiger partial charge is 0.497 e. The Morgan fingerprint density at radius 2 is 1.90 bits per heavy atom. The van der Waals surface area contributed by atoms with E-state index in [1.807, 2.05) is 0 Å². The van der Waals surface area contributed by atoms with Crippen LogP contribution in [0.4, 0.5) is 11.4 Å². The van der Waals surface area contributed by atoms with Crippen molar-refractivity contribution in [3.63, 3.8) is 0 Å². The van der Waals surface area contributed by atoms with E-state index in [1.54, 1.807) is 37.3 Å². The lowest BCUT2D eigenvalue weighted by Crippen LogP contribution is -2.14. The normalized spacial score (nSPS) is 11.2. The molecule has 0 aliphatic heterocycles. The minimum Gasteiger partial charge on any atom is -0.497 e. The third-order valence-corrected chi connectivity index (χ3v) is 4.84. The number of hydrogen-bond acceptors (Lipinski definition) is 4. The number of benzene rings is 2. The molecular formula is C14H15BrN2O3S. The number of nitrogens with two attached hydrogens (primary N) is 1.